The lowest BCUT2D eigenvalue weighted by Crippen LogP contribution is -2.49. The van der Waals surface area contributed by atoms with Gasteiger partial charge in [0, 0.05) is 6.08 Å². The number of fused-ring (bicyclic) bond motifs is 1. The van der Waals surface area contributed by atoms with Crippen LogP contribution in [0.2, 0.25) is 0 Å². The molecule has 1 aromatic heterocycles. The van der Waals surface area contributed by atoms with E-state index in [2.05, 4.69) is 5.32 Å². The standard InChI is InChI=1S/C16H15NO5/c1-16(2,15(20)21)17-13(18)8-7-10-9-22-12-6-4-3-5-11(12)14(10)19/h3-9H,1-2H3,(H,17,18)(H,20,21)/b8-7+. The van der Waals surface area contributed by atoms with E-state index in [0.717, 1.165) is 6.08 Å². The first-order chi connectivity index (χ1) is 10.3. The molecular formula is C16H15NO5. The van der Waals surface area contributed by atoms with E-state index >= 15 is 0 Å². The third-order valence-electron chi connectivity index (χ3n) is 3.09. The Bertz CT molecular complexity index is 817. The van der Waals surface area contributed by atoms with Crippen LogP contribution in [-0.4, -0.2) is 22.5 Å². The summed E-state index contributed by atoms with van der Waals surface area (Å²) in [5.74, 6) is -1.76. The van der Waals surface area contributed by atoms with Crippen molar-refractivity contribution < 1.29 is 19.1 Å². The van der Waals surface area contributed by atoms with Crippen LogP contribution in [0.1, 0.15) is 19.4 Å². The molecule has 0 aliphatic heterocycles. The van der Waals surface area contributed by atoms with Gasteiger partial charge >= 0.3 is 5.97 Å². The van der Waals surface area contributed by atoms with Gasteiger partial charge in [0.15, 0.2) is 5.43 Å². The fourth-order valence-electron chi connectivity index (χ4n) is 1.78. The third-order valence-corrected chi connectivity index (χ3v) is 3.09. The van der Waals surface area contributed by atoms with Gasteiger partial charge in [0.05, 0.1) is 10.9 Å². The van der Waals surface area contributed by atoms with E-state index in [4.69, 9.17) is 9.52 Å². The molecule has 2 N–H and O–H groups in total. The van der Waals surface area contributed by atoms with Gasteiger partial charge in [-0.1, -0.05) is 12.1 Å². The molecule has 2 aromatic rings. The highest BCUT2D eigenvalue weighted by molar-refractivity contribution is 5.95. The highest BCUT2D eigenvalue weighted by Crippen LogP contribution is 2.11. The zero-order chi connectivity index (χ0) is 16.3. The SMILES string of the molecule is CC(C)(NC(=O)/C=C/c1coc2ccccc2c1=O)C(=O)O. The number of para-hydroxylation sites is 1. The fourth-order valence-corrected chi connectivity index (χ4v) is 1.78. The van der Waals surface area contributed by atoms with Crippen molar-refractivity contribution in [1.29, 1.82) is 0 Å². The van der Waals surface area contributed by atoms with Crippen molar-refractivity contribution in [3.8, 4) is 0 Å². The number of carbonyl (C=O) groups is 2. The first-order valence-electron chi connectivity index (χ1n) is 6.55. The minimum atomic E-state index is -1.39. The Morgan fingerprint density at radius 3 is 2.64 bits per heavy atom. The molecule has 2 rings (SSSR count). The van der Waals surface area contributed by atoms with Crippen LogP contribution in [0, 0.1) is 0 Å². The number of rotatable bonds is 4. The first kappa shape index (κ1) is 15.5. The van der Waals surface area contributed by atoms with Gasteiger partial charge in [0.2, 0.25) is 5.91 Å². The maximum absolute atomic E-state index is 12.2. The number of nitrogens with one attached hydrogen (secondary N) is 1. The van der Waals surface area contributed by atoms with E-state index in [0.29, 0.717) is 11.0 Å². The predicted octanol–water partition coefficient (Wildman–Crippen LogP) is 1.79. The average Bonchev–Trinajstić information content (AvgIpc) is 2.46. The molecule has 0 fully saturated rings. The average molecular weight is 301 g/mol. The van der Waals surface area contributed by atoms with Gasteiger partial charge < -0.3 is 14.8 Å². The Hall–Kier alpha value is -2.89. The van der Waals surface area contributed by atoms with Gasteiger partial charge in [0.25, 0.3) is 0 Å². The fraction of sp³-hybridized carbons (Fsp3) is 0.188. The van der Waals surface area contributed by atoms with E-state index < -0.39 is 17.4 Å². The Balaban J connectivity index is 2.24. The minimum absolute atomic E-state index is 0.210. The molecule has 22 heavy (non-hydrogen) atoms. The van der Waals surface area contributed by atoms with Gasteiger partial charge in [-0.15, -0.1) is 0 Å². The Morgan fingerprint density at radius 2 is 1.95 bits per heavy atom. The molecule has 0 unspecified atom stereocenters. The summed E-state index contributed by atoms with van der Waals surface area (Å²) in [5.41, 5.74) is -0.985. The Labute approximate surface area is 126 Å². The molecule has 0 aliphatic carbocycles. The Morgan fingerprint density at radius 1 is 1.27 bits per heavy atom. The second-order valence-corrected chi connectivity index (χ2v) is 5.27. The number of aliphatic carboxylic acids is 1. The maximum atomic E-state index is 12.2. The van der Waals surface area contributed by atoms with Crippen LogP contribution in [0.5, 0.6) is 0 Å². The predicted molar refractivity (Wildman–Crippen MR) is 81.4 cm³/mol. The maximum Gasteiger partial charge on any atom is 0.328 e. The van der Waals surface area contributed by atoms with Crippen LogP contribution in [0.4, 0.5) is 0 Å². The summed E-state index contributed by atoms with van der Waals surface area (Å²) in [6.45, 7) is 2.73. The monoisotopic (exact) mass is 301 g/mol. The highest BCUT2D eigenvalue weighted by Gasteiger charge is 2.27. The molecule has 1 aromatic carbocycles. The molecular weight excluding hydrogens is 286 g/mol. The zero-order valence-corrected chi connectivity index (χ0v) is 12.1. The molecule has 0 spiro atoms. The molecule has 1 heterocycles. The summed E-state index contributed by atoms with van der Waals surface area (Å²) in [6, 6.07) is 6.77. The van der Waals surface area contributed by atoms with Crippen molar-refractivity contribution in [2.75, 3.05) is 0 Å². The molecule has 6 heteroatoms. The zero-order valence-electron chi connectivity index (χ0n) is 12.1. The van der Waals surface area contributed by atoms with Gasteiger partial charge in [0.1, 0.15) is 17.4 Å². The number of amides is 1. The van der Waals surface area contributed by atoms with E-state index in [1.165, 1.54) is 26.2 Å². The summed E-state index contributed by atoms with van der Waals surface area (Å²) >= 11 is 0. The molecule has 114 valence electrons. The summed E-state index contributed by atoms with van der Waals surface area (Å²) in [5, 5.41) is 11.7. The minimum Gasteiger partial charge on any atom is -0.480 e. The number of carboxylic acid groups (broad SMARTS) is 1. The smallest absolute Gasteiger partial charge is 0.328 e. The first-order valence-corrected chi connectivity index (χ1v) is 6.55. The second-order valence-electron chi connectivity index (χ2n) is 5.27. The molecule has 0 aliphatic rings. The van der Waals surface area contributed by atoms with Crippen molar-refractivity contribution in [2.45, 2.75) is 19.4 Å². The van der Waals surface area contributed by atoms with Crippen molar-refractivity contribution in [3.63, 3.8) is 0 Å². The third kappa shape index (κ3) is 3.22. The van der Waals surface area contributed by atoms with Crippen LogP contribution in [0.25, 0.3) is 17.0 Å². The lowest BCUT2D eigenvalue weighted by atomic mass is 10.1. The van der Waals surface area contributed by atoms with Crippen LogP contribution in [0.15, 0.2) is 45.8 Å². The number of carbonyl (C=O) groups excluding carboxylic acids is 1. The van der Waals surface area contributed by atoms with Crippen molar-refractivity contribution in [1.82, 2.24) is 5.32 Å². The molecule has 0 bridgehead atoms. The van der Waals surface area contributed by atoms with E-state index in [1.807, 2.05) is 0 Å². The number of benzene rings is 1. The van der Waals surface area contributed by atoms with Gasteiger partial charge in [-0.3, -0.25) is 9.59 Å². The molecule has 1 amide bonds. The summed E-state index contributed by atoms with van der Waals surface area (Å²) in [7, 11) is 0. The van der Waals surface area contributed by atoms with E-state index in [1.54, 1.807) is 24.3 Å². The lowest BCUT2D eigenvalue weighted by Gasteiger charge is -2.19. The second kappa shape index (κ2) is 5.85. The highest BCUT2D eigenvalue weighted by atomic mass is 16.4. The van der Waals surface area contributed by atoms with Gasteiger partial charge in [-0.05, 0) is 32.1 Å². The van der Waals surface area contributed by atoms with E-state index in [-0.39, 0.29) is 11.0 Å². The molecule has 0 saturated carbocycles. The quantitative estimate of drug-likeness (QED) is 0.839. The van der Waals surface area contributed by atoms with E-state index in [9.17, 15) is 14.4 Å². The lowest BCUT2D eigenvalue weighted by molar-refractivity contribution is -0.145. The van der Waals surface area contributed by atoms with Crippen LogP contribution >= 0.6 is 0 Å². The number of hydrogen-bond acceptors (Lipinski definition) is 4. The van der Waals surface area contributed by atoms with Crippen molar-refractivity contribution in [3.05, 3.63) is 52.4 Å². The summed E-state index contributed by atoms with van der Waals surface area (Å²) in [4.78, 5) is 34.8. The summed E-state index contributed by atoms with van der Waals surface area (Å²) < 4.78 is 5.32. The van der Waals surface area contributed by atoms with Gasteiger partial charge in [-0.25, -0.2) is 4.79 Å². The van der Waals surface area contributed by atoms with Gasteiger partial charge in [-0.2, -0.15) is 0 Å². The largest absolute Gasteiger partial charge is 0.480 e. The normalized spacial score (nSPS) is 11.7. The number of hydrogen-bond donors (Lipinski definition) is 2. The topological polar surface area (TPSA) is 96.6 Å². The Kier molecular flexibility index (Phi) is 4.12. The van der Waals surface area contributed by atoms with Crippen LogP contribution in [-0.2, 0) is 9.59 Å². The molecule has 0 atom stereocenters. The molecule has 0 saturated heterocycles. The molecule has 6 nitrogen and oxygen atoms in total. The number of carboxylic acids is 1. The van der Waals surface area contributed by atoms with Crippen molar-refractivity contribution >= 4 is 28.9 Å². The van der Waals surface area contributed by atoms with Crippen molar-refractivity contribution in [2.24, 2.45) is 0 Å². The molecule has 0 radical (unpaired) electrons. The van der Waals surface area contributed by atoms with Crippen LogP contribution < -0.4 is 10.7 Å². The summed E-state index contributed by atoms with van der Waals surface area (Å²) in [6.07, 6.45) is 3.66. The van der Waals surface area contributed by atoms with Crippen LogP contribution in [0.3, 0.4) is 0 Å².